The summed E-state index contributed by atoms with van der Waals surface area (Å²) in [5, 5.41) is 3.33. The molecule has 0 spiro atoms. The Hall–Kier alpha value is -0.840. The maximum absolute atomic E-state index is 12.8. The average Bonchev–Trinajstić information content (AvgIpc) is 2.46. The normalized spacial score (nSPS) is 17.6. The molecule has 1 atom stereocenters. The van der Waals surface area contributed by atoms with E-state index < -0.39 is 0 Å². The molecule has 1 aliphatic heterocycles. The first kappa shape index (κ1) is 16.2. The molecule has 0 bridgehead atoms. The van der Waals surface area contributed by atoms with Crippen molar-refractivity contribution in [3.05, 3.63) is 29.8 Å². The molecule has 19 heavy (non-hydrogen) atoms. The van der Waals surface area contributed by atoms with E-state index in [9.17, 15) is 4.39 Å². The zero-order chi connectivity index (χ0) is 12.8. The van der Waals surface area contributed by atoms with Gasteiger partial charge in [0.1, 0.15) is 5.75 Å². The smallest absolute Gasteiger partial charge is 0.119 e. The molecule has 0 amide bonds. The molecule has 0 saturated carbocycles. The Labute approximate surface area is 120 Å². The highest BCUT2D eigenvalue weighted by Crippen LogP contribution is 2.27. The van der Waals surface area contributed by atoms with Crippen molar-refractivity contribution in [3.8, 4) is 5.75 Å². The maximum atomic E-state index is 12.8. The number of piperazine rings is 1. The SMILES string of the molecule is COc1cccc([C@@H](CCF)N2CCNCC2)c1.Cl. The summed E-state index contributed by atoms with van der Waals surface area (Å²) >= 11 is 0. The molecular formula is C14H22ClFN2O. The van der Waals surface area contributed by atoms with Crippen LogP contribution in [-0.4, -0.2) is 44.9 Å². The molecule has 1 aromatic rings. The van der Waals surface area contributed by atoms with Gasteiger partial charge in [-0.3, -0.25) is 9.29 Å². The van der Waals surface area contributed by atoms with Crippen molar-refractivity contribution in [2.45, 2.75) is 12.5 Å². The van der Waals surface area contributed by atoms with E-state index in [4.69, 9.17) is 4.74 Å². The molecule has 5 heteroatoms. The van der Waals surface area contributed by atoms with Crippen molar-refractivity contribution in [3.63, 3.8) is 0 Å². The van der Waals surface area contributed by atoms with Gasteiger partial charge in [0.25, 0.3) is 0 Å². The fourth-order valence-electron chi connectivity index (χ4n) is 2.51. The van der Waals surface area contributed by atoms with E-state index in [1.165, 1.54) is 0 Å². The van der Waals surface area contributed by atoms with Gasteiger partial charge in [-0.05, 0) is 24.1 Å². The van der Waals surface area contributed by atoms with Crippen LogP contribution in [0.3, 0.4) is 0 Å². The van der Waals surface area contributed by atoms with Crippen molar-refractivity contribution in [2.75, 3.05) is 40.0 Å². The van der Waals surface area contributed by atoms with Gasteiger partial charge in [-0.25, -0.2) is 0 Å². The molecule has 0 aliphatic carbocycles. The summed E-state index contributed by atoms with van der Waals surface area (Å²) in [5.41, 5.74) is 1.15. The van der Waals surface area contributed by atoms with Gasteiger partial charge in [0.05, 0.1) is 13.8 Å². The van der Waals surface area contributed by atoms with E-state index in [1.807, 2.05) is 18.2 Å². The lowest BCUT2D eigenvalue weighted by atomic mass is 10.0. The lowest BCUT2D eigenvalue weighted by Gasteiger charge is -2.35. The van der Waals surface area contributed by atoms with Crippen molar-refractivity contribution in [1.82, 2.24) is 10.2 Å². The second-order valence-corrected chi connectivity index (χ2v) is 4.56. The summed E-state index contributed by atoms with van der Waals surface area (Å²) in [7, 11) is 1.66. The molecule has 2 rings (SSSR count). The first-order chi connectivity index (χ1) is 8.85. The molecule has 1 fully saturated rings. The lowest BCUT2D eigenvalue weighted by Crippen LogP contribution is -2.45. The molecule has 1 heterocycles. The van der Waals surface area contributed by atoms with Crippen LogP contribution in [0, 0.1) is 0 Å². The lowest BCUT2D eigenvalue weighted by molar-refractivity contribution is 0.157. The molecular weight excluding hydrogens is 267 g/mol. The van der Waals surface area contributed by atoms with Crippen molar-refractivity contribution < 1.29 is 9.13 Å². The molecule has 1 N–H and O–H groups in total. The third kappa shape index (κ3) is 4.34. The van der Waals surface area contributed by atoms with Gasteiger partial charge >= 0.3 is 0 Å². The number of halogens is 2. The van der Waals surface area contributed by atoms with E-state index in [-0.39, 0.29) is 25.1 Å². The minimum absolute atomic E-state index is 0. The first-order valence-electron chi connectivity index (χ1n) is 6.50. The second-order valence-electron chi connectivity index (χ2n) is 4.56. The van der Waals surface area contributed by atoms with Crippen LogP contribution in [0.2, 0.25) is 0 Å². The molecule has 1 aliphatic rings. The zero-order valence-electron chi connectivity index (χ0n) is 11.3. The van der Waals surface area contributed by atoms with Gasteiger partial charge in [0.15, 0.2) is 0 Å². The number of alkyl halides is 1. The first-order valence-corrected chi connectivity index (χ1v) is 6.50. The third-order valence-corrected chi connectivity index (χ3v) is 3.45. The molecule has 0 radical (unpaired) electrons. The fourth-order valence-corrected chi connectivity index (χ4v) is 2.51. The number of benzene rings is 1. The summed E-state index contributed by atoms with van der Waals surface area (Å²) in [6, 6.07) is 8.13. The standard InChI is InChI=1S/C14H21FN2O.ClH/c1-18-13-4-2-3-12(11-13)14(5-6-15)17-9-7-16-8-10-17;/h2-4,11,14,16H,5-10H2,1H3;1H/t14-;/m1./s1. The average molecular weight is 289 g/mol. The van der Waals surface area contributed by atoms with Gasteiger partial charge in [-0.2, -0.15) is 0 Å². The van der Waals surface area contributed by atoms with Gasteiger partial charge in [-0.1, -0.05) is 12.1 Å². The van der Waals surface area contributed by atoms with E-state index >= 15 is 0 Å². The van der Waals surface area contributed by atoms with Crippen molar-refractivity contribution >= 4 is 12.4 Å². The number of methoxy groups -OCH3 is 1. The van der Waals surface area contributed by atoms with E-state index in [1.54, 1.807) is 7.11 Å². The van der Waals surface area contributed by atoms with Gasteiger partial charge in [-0.15, -0.1) is 12.4 Å². The summed E-state index contributed by atoms with van der Waals surface area (Å²) in [6.07, 6.45) is 0.549. The monoisotopic (exact) mass is 288 g/mol. The van der Waals surface area contributed by atoms with Crippen LogP contribution in [0.1, 0.15) is 18.0 Å². The predicted octanol–water partition coefficient (Wildman–Crippen LogP) is 2.42. The Kier molecular flexibility index (Phi) is 7.13. The Morgan fingerprint density at radius 3 is 2.74 bits per heavy atom. The zero-order valence-corrected chi connectivity index (χ0v) is 12.1. The van der Waals surface area contributed by atoms with E-state index in [2.05, 4.69) is 16.3 Å². The van der Waals surface area contributed by atoms with E-state index in [0.717, 1.165) is 37.5 Å². The quantitative estimate of drug-likeness (QED) is 0.901. The molecule has 0 aromatic heterocycles. The van der Waals surface area contributed by atoms with Gasteiger partial charge < -0.3 is 10.1 Å². The number of hydrogen-bond donors (Lipinski definition) is 1. The van der Waals surface area contributed by atoms with Crippen molar-refractivity contribution in [1.29, 1.82) is 0 Å². The highest BCUT2D eigenvalue weighted by atomic mass is 35.5. The number of rotatable bonds is 5. The maximum Gasteiger partial charge on any atom is 0.119 e. The molecule has 1 aromatic carbocycles. The summed E-state index contributed by atoms with van der Waals surface area (Å²) in [6.45, 7) is 3.62. The molecule has 0 unspecified atom stereocenters. The number of nitrogens with one attached hydrogen (secondary N) is 1. The second kappa shape index (κ2) is 8.35. The Morgan fingerprint density at radius 2 is 2.11 bits per heavy atom. The van der Waals surface area contributed by atoms with Crippen LogP contribution < -0.4 is 10.1 Å². The van der Waals surface area contributed by atoms with Crippen LogP contribution in [0.15, 0.2) is 24.3 Å². The van der Waals surface area contributed by atoms with Gasteiger partial charge in [0, 0.05) is 32.2 Å². The Balaban J connectivity index is 0.00000180. The van der Waals surface area contributed by atoms with Crippen molar-refractivity contribution in [2.24, 2.45) is 0 Å². The van der Waals surface area contributed by atoms with Crippen LogP contribution in [0.4, 0.5) is 4.39 Å². The molecule has 1 saturated heterocycles. The fraction of sp³-hybridized carbons (Fsp3) is 0.571. The topological polar surface area (TPSA) is 24.5 Å². The molecule has 3 nitrogen and oxygen atoms in total. The number of nitrogens with zero attached hydrogens (tertiary/aromatic N) is 1. The Bertz CT molecular complexity index is 372. The van der Waals surface area contributed by atoms with Crippen LogP contribution in [0.5, 0.6) is 5.75 Å². The predicted molar refractivity (Wildman–Crippen MR) is 78.0 cm³/mol. The number of hydrogen-bond acceptors (Lipinski definition) is 3. The minimum Gasteiger partial charge on any atom is -0.497 e. The number of ether oxygens (including phenoxy) is 1. The summed E-state index contributed by atoms with van der Waals surface area (Å²) in [4.78, 5) is 2.35. The Morgan fingerprint density at radius 1 is 1.37 bits per heavy atom. The summed E-state index contributed by atoms with van der Waals surface area (Å²) < 4.78 is 18.0. The highest BCUT2D eigenvalue weighted by Gasteiger charge is 2.22. The molecule has 108 valence electrons. The van der Waals surface area contributed by atoms with Crippen LogP contribution in [0.25, 0.3) is 0 Å². The minimum atomic E-state index is -0.286. The highest BCUT2D eigenvalue weighted by molar-refractivity contribution is 5.85. The van der Waals surface area contributed by atoms with Crippen LogP contribution >= 0.6 is 12.4 Å². The largest absolute Gasteiger partial charge is 0.497 e. The van der Waals surface area contributed by atoms with Gasteiger partial charge in [0.2, 0.25) is 0 Å². The third-order valence-electron chi connectivity index (χ3n) is 3.45. The summed E-state index contributed by atoms with van der Waals surface area (Å²) in [5.74, 6) is 0.839. The van der Waals surface area contributed by atoms with E-state index in [0.29, 0.717) is 6.42 Å². The van der Waals surface area contributed by atoms with Crippen LogP contribution in [-0.2, 0) is 0 Å².